The quantitative estimate of drug-likeness (QED) is 0.661. The highest BCUT2D eigenvalue weighted by atomic mass is 16.3. The first-order chi connectivity index (χ1) is 6.05. The van der Waals surface area contributed by atoms with E-state index < -0.39 is 5.60 Å². The highest BCUT2D eigenvalue weighted by Gasteiger charge is 2.37. The van der Waals surface area contributed by atoms with Crippen LogP contribution in [-0.4, -0.2) is 10.7 Å². The lowest BCUT2D eigenvalue weighted by molar-refractivity contribution is -0.0313. The molecule has 0 amide bonds. The fourth-order valence-corrected chi connectivity index (χ4v) is 3.31. The Morgan fingerprint density at radius 1 is 1.00 bits per heavy atom. The molecule has 13 heavy (non-hydrogen) atoms. The summed E-state index contributed by atoms with van der Waals surface area (Å²) < 4.78 is 0. The monoisotopic (exact) mass is 182 g/mol. The molecular weight excluding hydrogens is 160 g/mol. The second-order valence-electron chi connectivity index (χ2n) is 5.72. The van der Waals surface area contributed by atoms with Gasteiger partial charge in [0.25, 0.3) is 0 Å². The second kappa shape index (κ2) is 3.27. The van der Waals surface area contributed by atoms with Crippen LogP contribution in [0.2, 0.25) is 0 Å². The SMILES string of the molecule is CC(C)(O)C1C[C@H]2CCC[C@@H](C1)C2. The lowest BCUT2D eigenvalue weighted by Crippen LogP contribution is -2.38. The molecule has 1 nitrogen and oxygen atoms in total. The first kappa shape index (κ1) is 9.51. The van der Waals surface area contributed by atoms with Crippen molar-refractivity contribution in [3.63, 3.8) is 0 Å². The molecule has 1 unspecified atom stereocenters. The molecule has 2 fully saturated rings. The molecule has 2 saturated carbocycles. The molecular formula is C12H22O. The number of aliphatic hydroxyl groups is 1. The zero-order valence-electron chi connectivity index (χ0n) is 8.92. The van der Waals surface area contributed by atoms with E-state index in [4.69, 9.17) is 0 Å². The normalized spacial score (nSPS) is 40.4. The number of hydrogen-bond donors (Lipinski definition) is 1. The minimum Gasteiger partial charge on any atom is -0.390 e. The van der Waals surface area contributed by atoms with Gasteiger partial charge in [-0.2, -0.15) is 0 Å². The highest BCUT2D eigenvalue weighted by molar-refractivity contribution is 4.89. The zero-order valence-corrected chi connectivity index (χ0v) is 8.92. The van der Waals surface area contributed by atoms with Crippen molar-refractivity contribution in [2.24, 2.45) is 17.8 Å². The van der Waals surface area contributed by atoms with E-state index in [0.717, 1.165) is 11.8 Å². The molecule has 2 rings (SSSR count). The van der Waals surface area contributed by atoms with Gasteiger partial charge < -0.3 is 5.11 Å². The average Bonchev–Trinajstić information content (AvgIpc) is 2.01. The van der Waals surface area contributed by atoms with Crippen molar-refractivity contribution in [2.45, 2.75) is 58.0 Å². The standard InChI is InChI=1S/C12H22O/c1-12(2,13)11-7-9-4-3-5-10(6-9)8-11/h9-11,13H,3-8H2,1-2H3/t9-,10+,11?. The molecule has 0 radical (unpaired) electrons. The van der Waals surface area contributed by atoms with Gasteiger partial charge in [0, 0.05) is 0 Å². The Labute approximate surface area is 81.5 Å². The Morgan fingerprint density at radius 3 is 2.00 bits per heavy atom. The molecule has 0 saturated heterocycles. The Bertz CT molecular complexity index is 168. The van der Waals surface area contributed by atoms with E-state index in [0.29, 0.717) is 5.92 Å². The molecule has 2 aliphatic carbocycles. The summed E-state index contributed by atoms with van der Waals surface area (Å²) in [6, 6.07) is 0. The third kappa shape index (κ3) is 2.07. The molecule has 2 bridgehead atoms. The van der Waals surface area contributed by atoms with Crippen LogP contribution in [0, 0.1) is 17.8 Å². The van der Waals surface area contributed by atoms with Crippen LogP contribution >= 0.6 is 0 Å². The third-order valence-corrected chi connectivity index (χ3v) is 4.13. The molecule has 0 spiro atoms. The fourth-order valence-electron chi connectivity index (χ4n) is 3.31. The second-order valence-corrected chi connectivity index (χ2v) is 5.72. The van der Waals surface area contributed by atoms with E-state index in [1.807, 2.05) is 13.8 Å². The predicted octanol–water partition coefficient (Wildman–Crippen LogP) is 2.97. The van der Waals surface area contributed by atoms with E-state index in [2.05, 4.69) is 0 Å². The summed E-state index contributed by atoms with van der Waals surface area (Å²) in [4.78, 5) is 0. The Morgan fingerprint density at radius 2 is 1.54 bits per heavy atom. The van der Waals surface area contributed by atoms with Crippen molar-refractivity contribution in [2.75, 3.05) is 0 Å². The molecule has 76 valence electrons. The predicted molar refractivity (Wildman–Crippen MR) is 54.5 cm³/mol. The maximum absolute atomic E-state index is 10.00. The van der Waals surface area contributed by atoms with Crippen LogP contribution in [0.25, 0.3) is 0 Å². The smallest absolute Gasteiger partial charge is 0.0620 e. The fraction of sp³-hybridized carbons (Fsp3) is 1.00. The average molecular weight is 182 g/mol. The van der Waals surface area contributed by atoms with Crippen molar-refractivity contribution < 1.29 is 5.11 Å². The van der Waals surface area contributed by atoms with Crippen LogP contribution < -0.4 is 0 Å². The van der Waals surface area contributed by atoms with Crippen molar-refractivity contribution in [3.05, 3.63) is 0 Å². The Balaban J connectivity index is 2.01. The van der Waals surface area contributed by atoms with Crippen molar-refractivity contribution in [1.29, 1.82) is 0 Å². The van der Waals surface area contributed by atoms with Crippen LogP contribution in [0.3, 0.4) is 0 Å². The van der Waals surface area contributed by atoms with Crippen molar-refractivity contribution >= 4 is 0 Å². The largest absolute Gasteiger partial charge is 0.390 e. The van der Waals surface area contributed by atoms with Crippen LogP contribution in [0.5, 0.6) is 0 Å². The van der Waals surface area contributed by atoms with Gasteiger partial charge in [-0.1, -0.05) is 19.3 Å². The van der Waals surface area contributed by atoms with Gasteiger partial charge in [-0.25, -0.2) is 0 Å². The molecule has 0 aliphatic heterocycles. The minimum atomic E-state index is -0.436. The van der Waals surface area contributed by atoms with Gasteiger partial charge in [0.05, 0.1) is 5.60 Å². The summed E-state index contributed by atoms with van der Waals surface area (Å²) in [6.45, 7) is 3.97. The molecule has 0 aromatic rings. The summed E-state index contributed by atoms with van der Waals surface area (Å²) in [7, 11) is 0. The molecule has 3 atom stereocenters. The first-order valence-corrected chi connectivity index (χ1v) is 5.78. The van der Waals surface area contributed by atoms with Gasteiger partial charge in [0.15, 0.2) is 0 Å². The van der Waals surface area contributed by atoms with Gasteiger partial charge in [-0.05, 0) is 50.9 Å². The van der Waals surface area contributed by atoms with Gasteiger partial charge in [0.1, 0.15) is 0 Å². The number of rotatable bonds is 1. The summed E-state index contributed by atoms with van der Waals surface area (Å²) in [5, 5.41) is 10.00. The van der Waals surface area contributed by atoms with Crippen LogP contribution in [0.4, 0.5) is 0 Å². The third-order valence-electron chi connectivity index (χ3n) is 4.13. The molecule has 2 aliphatic rings. The molecule has 1 heteroatoms. The maximum atomic E-state index is 10.00. The van der Waals surface area contributed by atoms with Gasteiger partial charge in [-0.15, -0.1) is 0 Å². The Hall–Kier alpha value is -0.0400. The Kier molecular flexibility index (Phi) is 2.39. The lowest BCUT2D eigenvalue weighted by Gasteiger charge is -2.43. The summed E-state index contributed by atoms with van der Waals surface area (Å²) >= 11 is 0. The van der Waals surface area contributed by atoms with E-state index in [9.17, 15) is 5.11 Å². The van der Waals surface area contributed by atoms with E-state index >= 15 is 0 Å². The van der Waals surface area contributed by atoms with Gasteiger partial charge in [0.2, 0.25) is 0 Å². The van der Waals surface area contributed by atoms with E-state index in [-0.39, 0.29) is 0 Å². The molecule has 1 N–H and O–H groups in total. The maximum Gasteiger partial charge on any atom is 0.0620 e. The van der Waals surface area contributed by atoms with Crippen molar-refractivity contribution in [3.8, 4) is 0 Å². The van der Waals surface area contributed by atoms with Crippen molar-refractivity contribution in [1.82, 2.24) is 0 Å². The topological polar surface area (TPSA) is 20.2 Å². The van der Waals surface area contributed by atoms with E-state index in [1.165, 1.54) is 38.5 Å². The van der Waals surface area contributed by atoms with Gasteiger partial charge >= 0.3 is 0 Å². The van der Waals surface area contributed by atoms with Gasteiger partial charge in [-0.3, -0.25) is 0 Å². The van der Waals surface area contributed by atoms with Crippen LogP contribution in [0.1, 0.15) is 52.4 Å². The van der Waals surface area contributed by atoms with Crippen LogP contribution in [-0.2, 0) is 0 Å². The summed E-state index contributed by atoms with van der Waals surface area (Å²) in [6.07, 6.45) is 8.28. The molecule has 0 aromatic carbocycles. The summed E-state index contributed by atoms with van der Waals surface area (Å²) in [5.41, 5.74) is -0.436. The number of hydrogen-bond acceptors (Lipinski definition) is 1. The van der Waals surface area contributed by atoms with E-state index in [1.54, 1.807) is 0 Å². The number of fused-ring (bicyclic) bond motifs is 2. The minimum absolute atomic E-state index is 0.436. The lowest BCUT2D eigenvalue weighted by atomic mass is 9.64. The summed E-state index contributed by atoms with van der Waals surface area (Å²) in [5.74, 6) is 2.43. The first-order valence-electron chi connectivity index (χ1n) is 5.78. The zero-order chi connectivity index (χ0) is 9.47. The molecule has 0 heterocycles. The molecule has 0 aromatic heterocycles. The van der Waals surface area contributed by atoms with Crippen LogP contribution in [0.15, 0.2) is 0 Å². The highest BCUT2D eigenvalue weighted by Crippen LogP contribution is 2.45.